The van der Waals surface area contributed by atoms with Gasteiger partial charge in [0.15, 0.2) is 5.82 Å². The Bertz CT molecular complexity index is 3140. The maximum atomic E-state index is 5.28. The molecule has 2 aromatic heterocycles. The summed E-state index contributed by atoms with van der Waals surface area (Å²) in [5.41, 5.74) is 15.9. The molecule has 8 aromatic carbocycles. The normalized spacial score (nSPS) is 14.5. The Balaban J connectivity index is 1.07. The van der Waals surface area contributed by atoms with Gasteiger partial charge in [-0.05, 0) is 87.3 Å². The van der Waals surface area contributed by atoms with E-state index in [1.165, 1.54) is 59.1 Å². The fourth-order valence-electron chi connectivity index (χ4n) is 9.01. The van der Waals surface area contributed by atoms with Crippen molar-refractivity contribution in [1.29, 1.82) is 0 Å². The van der Waals surface area contributed by atoms with Gasteiger partial charge < -0.3 is 0 Å². The average molecular weight is 745 g/mol. The molecule has 1 aliphatic rings. The zero-order valence-corrected chi connectivity index (χ0v) is 32.2. The van der Waals surface area contributed by atoms with Gasteiger partial charge in [-0.2, -0.15) is 0 Å². The van der Waals surface area contributed by atoms with Crippen LogP contribution in [0.3, 0.4) is 0 Å². The third kappa shape index (κ3) is 5.46. The highest BCUT2D eigenvalue weighted by Gasteiger charge is 2.41. The van der Waals surface area contributed by atoms with E-state index in [9.17, 15) is 0 Å². The van der Waals surface area contributed by atoms with E-state index < -0.39 is 0 Å². The smallest absolute Gasteiger partial charge is 0.160 e. The van der Waals surface area contributed by atoms with E-state index in [0.29, 0.717) is 5.82 Å². The molecular weight excluding hydrogens is 709 g/mol. The standard InChI is InChI=1S/C54H36N2S/c1-54(39-20-6-3-7-21-39)46-27-12-10-25-44(46)52-41(26-15-28-47(52)54)36-18-14-19-38(32-36)48-34-49(56-53(55-48)35-16-4-2-5-17-35)42-23-9-8-22-40(42)37-30-31-51-45(33-37)43-24-11-13-29-50(43)57-51/h2-34H,1H3. The number of fused-ring (bicyclic) bond motifs is 6. The van der Waals surface area contributed by atoms with Crippen molar-refractivity contribution in [3.05, 3.63) is 217 Å². The predicted octanol–water partition coefficient (Wildman–Crippen LogP) is 14.5. The number of hydrogen-bond donors (Lipinski definition) is 0. The Morgan fingerprint density at radius 3 is 1.84 bits per heavy atom. The topological polar surface area (TPSA) is 25.8 Å². The summed E-state index contributed by atoms with van der Waals surface area (Å²) < 4.78 is 2.60. The maximum Gasteiger partial charge on any atom is 0.160 e. The van der Waals surface area contributed by atoms with Crippen LogP contribution < -0.4 is 0 Å². The molecule has 1 aliphatic carbocycles. The van der Waals surface area contributed by atoms with Crippen LogP contribution in [0.5, 0.6) is 0 Å². The van der Waals surface area contributed by atoms with Gasteiger partial charge in [-0.15, -0.1) is 11.3 Å². The van der Waals surface area contributed by atoms with Crippen molar-refractivity contribution in [2.45, 2.75) is 12.3 Å². The molecule has 0 bridgehead atoms. The molecule has 2 heterocycles. The molecule has 0 saturated heterocycles. The Hall–Kier alpha value is -6.94. The lowest BCUT2D eigenvalue weighted by Gasteiger charge is -2.28. The first-order valence-corrected chi connectivity index (χ1v) is 20.3. The quantitative estimate of drug-likeness (QED) is 0.169. The van der Waals surface area contributed by atoms with E-state index in [1.807, 2.05) is 17.4 Å². The molecule has 0 fully saturated rings. The summed E-state index contributed by atoms with van der Waals surface area (Å²) in [6, 6.07) is 72.2. The molecule has 3 heteroatoms. The lowest BCUT2D eigenvalue weighted by molar-refractivity contribution is 0.714. The fourth-order valence-corrected chi connectivity index (χ4v) is 10.1. The Labute approximate surface area is 336 Å². The SMILES string of the molecule is CC1(c2ccccc2)c2ccccc2-c2c(-c3cccc(-c4cc(-c5ccccc5-c5ccc6sc7ccccc7c6c5)nc(-c5ccccc5)n4)c3)cccc21. The molecule has 0 radical (unpaired) electrons. The predicted molar refractivity (Wildman–Crippen MR) is 240 cm³/mol. The van der Waals surface area contributed by atoms with E-state index in [-0.39, 0.29) is 5.41 Å². The summed E-state index contributed by atoms with van der Waals surface area (Å²) in [4.78, 5) is 10.5. The van der Waals surface area contributed by atoms with Crippen molar-refractivity contribution in [2.24, 2.45) is 0 Å². The summed E-state index contributed by atoms with van der Waals surface area (Å²) in [5, 5.41) is 2.58. The van der Waals surface area contributed by atoms with Gasteiger partial charge in [-0.3, -0.25) is 0 Å². The summed E-state index contributed by atoms with van der Waals surface area (Å²) in [7, 11) is 0. The Morgan fingerprint density at radius 2 is 0.982 bits per heavy atom. The largest absolute Gasteiger partial charge is 0.228 e. The van der Waals surface area contributed by atoms with Gasteiger partial charge in [0.2, 0.25) is 0 Å². The van der Waals surface area contributed by atoms with Crippen LogP contribution in [0, 0.1) is 0 Å². The molecule has 268 valence electrons. The molecule has 0 spiro atoms. The van der Waals surface area contributed by atoms with Gasteiger partial charge in [-0.1, -0.05) is 170 Å². The summed E-state index contributed by atoms with van der Waals surface area (Å²) in [5.74, 6) is 0.704. The van der Waals surface area contributed by atoms with Gasteiger partial charge >= 0.3 is 0 Å². The molecule has 1 atom stereocenters. The van der Waals surface area contributed by atoms with Crippen LogP contribution in [0.2, 0.25) is 0 Å². The first-order valence-electron chi connectivity index (χ1n) is 19.5. The Kier molecular flexibility index (Phi) is 7.84. The first-order chi connectivity index (χ1) is 28.1. The highest BCUT2D eigenvalue weighted by atomic mass is 32.1. The van der Waals surface area contributed by atoms with Crippen LogP contribution >= 0.6 is 11.3 Å². The second-order valence-electron chi connectivity index (χ2n) is 15.0. The maximum absolute atomic E-state index is 5.28. The highest BCUT2D eigenvalue weighted by Crippen LogP contribution is 2.55. The second-order valence-corrected chi connectivity index (χ2v) is 16.1. The monoisotopic (exact) mass is 744 g/mol. The van der Waals surface area contributed by atoms with Gasteiger partial charge in [0.25, 0.3) is 0 Å². The van der Waals surface area contributed by atoms with Crippen LogP contribution in [-0.2, 0) is 5.41 Å². The third-order valence-electron chi connectivity index (χ3n) is 11.8. The number of aromatic nitrogens is 2. The van der Waals surface area contributed by atoms with Crippen molar-refractivity contribution < 1.29 is 0 Å². The number of hydrogen-bond acceptors (Lipinski definition) is 3. The molecule has 10 aromatic rings. The van der Waals surface area contributed by atoms with E-state index in [1.54, 1.807) is 0 Å². The zero-order valence-electron chi connectivity index (χ0n) is 31.4. The van der Waals surface area contributed by atoms with Gasteiger partial charge in [0.1, 0.15) is 0 Å². The van der Waals surface area contributed by atoms with E-state index in [0.717, 1.165) is 39.2 Å². The summed E-state index contributed by atoms with van der Waals surface area (Å²) in [6.45, 7) is 2.37. The molecule has 0 N–H and O–H groups in total. The first kappa shape index (κ1) is 33.4. The van der Waals surface area contributed by atoms with Gasteiger partial charge in [0.05, 0.1) is 11.4 Å². The molecular formula is C54H36N2S. The highest BCUT2D eigenvalue weighted by molar-refractivity contribution is 7.25. The van der Waals surface area contributed by atoms with Crippen LogP contribution in [0.1, 0.15) is 23.6 Å². The Morgan fingerprint density at radius 1 is 0.386 bits per heavy atom. The van der Waals surface area contributed by atoms with Crippen LogP contribution in [0.4, 0.5) is 0 Å². The molecule has 11 rings (SSSR count). The third-order valence-corrected chi connectivity index (χ3v) is 13.0. The zero-order chi connectivity index (χ0) is 37.9. The molecule has 0 aliphatic heterocycles. The van der Waals surface area contributed by atoms with Crippen molar-refractivity contribution >= 4 is 31.5 Å². The summed E-state index contributed by atoms with van der Waals surface area (Å²) >= 11 is 1.85. The lowest BCUT2D eigenvalue weighted by Crippen LogP contribution is -2.22. The fraction of sp³-hybridized carbons (Fsp3) is 0.0370. The van der Waals surface area contributed by atoms with E-state index in [4.69, 9.17) is 9.97 Å². The van der Waals surface area contributed by atoms with Gasteiger partial charge in [-0.25, -0.2) is 9.97 Å². The number of thiophene rings is 1. The van der Waals surface area contributed by atoms with Crippen LogP contribution in [-0.4, -0.2) is 9.97 Å². The average Bonchev–Trinajstić information content (AvgIpc) is 3.79. The van der Waals surface area contributed by atoms with Crippen molar-refractivity contribution in [2.75, 3.05) is 0 Å². The number of nitrogens with zero attached hydrogens (tertiary/aromatic N) is 2. The molecule has 0 amide bonds. The minimum atomic E-state index is -0.263. The van der Waals surface area contributed by atoms with Crippen molar-refractivity contribution in [1.82, 2.24) is 9.97 Å². The van der Waals surface area contributed by atoms with Crippen molar-refractivity contribution in [3.8, 4) is 67.3 Å². The van der Waals surface area contributed by atoms with E-state index in [2.05, 4.69) is 201 Å². The molecule has 57 heavy (non-hydrogen) atoms. The lowest BCUT2D eigenvalue weighted by atomic mass is 9.74. The number of rotatable bonds is 6. The molecule has 2 nitrogen and oxygen atoms in total. The van der Waals surface area contributed by atoms with Crippen LogP contribution in [0.15, 0.2) is 200 Å². The second kappa shape index (κ2) is 13.4. The molecule has 0 saturated carbocycles. The molecule has 1 unspecified atom stereocenters. The minimum Gasteiger partial charge on any atom is -0.228 e. The van der Waals surface area contributed by atoms with Crippen LogP contribution in [0.25, 0.3) is 87.5 Å². The number of benzene rings is 8. The minimum absolute atomic E-state index is 0.263. The van der Waals surface area contributed by atoms with E-state index >= 15 is 0 Å². The summed E-state index contributed by atoms with van der Waals surface area (Å²) in [6.07, 6.45) is 0. The van der Waals surface area contributed by atoms with Gasteiger partial charge in [0, 0.05) is 42.3 Å². The van der Waals surface area contributed by atoms with Crippen molar-refractivity contribution in [3.63, 3.8) is 0 Å².